The van der Waals surface area contributed by atoms with Crippen molar-refractivity contribution in [3.63, 3.8) is 0 Å². The van der Waals surface area contributed by atoms with Crippen LogP contribution >= 0.6 is 23.4 Å². The maximum atomic E-state index is 12.1. The number of halogens is 1. The Bertz CT molecular complexity index is 872. The third-order valence-corrected chi connectivity index (χ3v) is 4.84. The number of hydrogen-bond donors (Lipinski definition) is 1. The number of thioether (sulfide) groups is 1. The van der Waals surface area contributed by atoms with Crippen LogP contribution in [0.3, 0.4) is 0 Å². The van der Waals surface area contributed by atoms with Crippen molar-refractivity contribution in [2.45, 2.75) is 11.9 Å². The number of nitrogens with one attached hydrogen (secondary N) is 1. The molecule has 1 amide bonds. The number of aromatic nitrogens is 3. The van der Waals surface area contributed by atoms with Gasteiger partial charge in [0.25, 0.3) is 0 Å². The summed E-state index contributed by atoms with van der Waals surface area (Å²) >= 11 is 7.39. The Balaban J connectivity index is 1.58. The van der Waals surface area contributed by atoms with E-state index >= 15 is 0 Å². The molecule has 0 atom stereocenters. The highest BCUT2D eigenvalue weighted by Gasteiger charge is 2.08. The van der Waals surface area contributed by atoms with Gasteiger partial charge in [-0.15, -0.1) is 10.2 Å². The van der Waals surface area contributed by atoms with Crippen molar-refractivity contribution in [3.05, 3.63) is 65.4 Å². The number of amides is 1. The van der Waals surface area contributed by atoms with Crippen LogP contribution in [0.25, 0.3) is 11.3 Å². The van der Waals surface area contributed by atoms with E-state index < -0.39 is 0 Å². The van der Waals surface area contributed by atoms with Gasteiger partial charge in [-0.2, -0.15) is 0 Å². The maximum absolute atomic E-state index is 12.1. The van der Waals surface area contributed by atoms with Gasteiger partial charge < -0.3 is 5.32 Å². The first-order valence-electron chi connectivity index (χ1n) is 7.55. The zero-order chi connectivity index (χ0) is 17.6. The van der Waals surface area contributed by atoms with E-state index in [2.05, 4.69) is 20.5 Å². The first-order chi connectivity index (χ1) is 12.1. The summed E-state index contributed by atoms with van der Waals surface area (Å²) in [6, 6.07) is 12.9. The number of carbonyl (C=O) groups excluding carboxylic acids is 1. The normalized spacial score (nSPS) is 10.5. The summed E-state index contributed by atoms with van der Waals surface area (Å²) in [4.78, 5) is 16.1. The first kappa shape index (κ1) is 17.4. The summed E-state index contributed by atoms with van der Waals surface area (Å²) in [5.74, 6) is 0.130. The van der Waals surface area contributed by atoms with E-state index in [4.69, 9.17) is 11.6 Å². The molecule has 25 heavy (non-hydrogen) atoms. The summed E-state index contributed by atoms with van der Waals surface area (Å²) < 4.78 is 0. The van der Waals surface area contributed by atoms with Crippen molar-refractivity contribution < 1.29 is 4.79 Å². The van der Waals surface area contributed by atoms with Gasteiger partial charge in [0, 0.05) is 28.7 Å². The smallest absolute Gasteiger partial charge is 0.234 e. The van der Waals surface area contributed by atoms with E-state index in [1.807, 2.05) is 37.3 Å². The zero-order valence-electron chi connectivity index (χ0n) is 13.4. The third kappa shape index (κ3) is 4.55. The fourth-order valence-corrected chi connectivity index (χ4v) is 2.93. The number of carbonyl (C=O) groups is 1. The molecule has 0 unspecified atom stereocenters. The lowest BCUT2D eigenvalue weighted by molar-refractivity contribution is -0.113. The van der Waals surface area contributed by atoms with Gasteiger partial charge in [-0.25, -0.2) is 0 Å². The van der Waals surface area contributed by atoms with Crippen LogP contribution in [0, 0.1) is 6.92 Å². The molecule has 0 aliphatic carbocycles. The SMILES string of the molecule is Cc1c(Cl)cccc1NC(=O)CSc1ccc(-c2ccncc2)nn1. The fraction of sp³-hybridized carbons (Fsp3) is 0.111. The van der Waals surface area contributed by atoms with Crippen LogP contribution in [-0.2, 0) is 4.79 Å². The third-order valence-electron chi connectivity index (χ3n) is 3.51. The standard InChI is InChI=1S/C18H15ClN4OS/c1-12-14(19)3-2-4-15(12)21-17(24)11-25-18-6-5-16(22-23-18)13-7-9-20-10-8-13/h2-10H,11H2,1H3,(H,21,24). The number of anilines is 1. The molecule has 0 bridgehead atoms. The van der Waals surface area contributed by atoms with E-state index in [0.29, 0.717) is 10.0 Å². The Hall–Kier alpha value is -2.44. The van der Waals surface area contributed by atoms with Crippen molar-refractivity contribution in [3.8, 4) is 11.3 Å². The molecule has 3 aromatic rings. The van der Waals surface area contributed by atoms with Gasteiger partial charge in [-0.3, -0.25) is 9.78 Å². The fourth-order valence-electron chi connectivity index (χ4n) is 2.14. The van der Waals surface area contributed by atoms with Crippen LogP contribution < -0.4 is 5.32 Å². The molecular formula is C18H15ClN4OS. The van der Waals surface area contributed by atoms with E-state index in [9.17, 15) is 4.79 Å². The minimum absolute atomic E-state index is 0.115. The topological polar surface area (TPSA) is 67.8 Å². The molecule has 0 saturated heterocycles. The monoisotopic (exact) mass is 370 g/mol. The molecule has 0 radical (unpaired) electrons. The number of benzene rings is 1. The summed E-state index contributed by atoms with van der Waals surface area (Å²) in [6.45, 7) is 1.87. The Kier molecular flexibility index (Phi) is 5.63. The first-order valence-corrected chi connectivity index (χ1v) is 8.92. The van der Waals surface area contributed by atoms with Gasteiger partial charge in [-0.05, 0) is 48.9 Å². The van der Waals surface area contributed by atoms with Gasteiger partial charge in [0.1, 0.15) is 5.03 Å². The average Bonchev–Trinajstić information content (AvgIpc) is 2.65. The van der Waals surface area contributed by atoms with Crippen LogP contribution in [0.15, 0.2) is 59.9 Å². The molecule has 3 rings (SSSR count). The van der Waals surface area contributed by atoms with Crippen LogP contribution in [0.4, 0.5) is 5.69 Å². The Labute approximate surface area is 154 Å². The van der Waals surface area contributed by atoms with E-state index in [-0.39, 0.29) is 11.7 Å². The van der Waals surface area contributed by atoms with Gasteiger partial charge in [0.05, 0.1) is 11.4 Å². The number of rotatable bonds is 5. The molecule has 0 saturated carbocycles. The lowest BCUT2D eigenvalue weighted by Gasteiger charge is -2.09. The van der Waals surface area contributed by atoms with Crippen LogP contribution in [0.2, 0.25) is 5.02 Å². The molecule has 0 fully saturated rings. The lowest BCUT2D eigenvalue weighted by Crippen LogP contribution is -2.15. The van der Waals surface area contributed by atoms with E-state index in [1.165, 1.54) is 11.8 Å². The molecule has 2 aromatic heterocycles. The Morgan fingerprint density at radius 2 is 1.92 bits per heavy atom. The molecular weight excluding hydrogens is 356 g/mol. The number of nitrogens with zero attached hydrogens (tertiary/aromatic N) is 3. The quantitative estimate of drug-likeness (QED) is 0.680. The second kappa shape index (κ2) is 8.09. The van der Waals surface area contributed by atoms with Gasteiger partial charge in [-0.1, -0.05) is 29.4 Å². The second-order valence-corrected chi connectivity index (χ2v) is 6.64. The maximum Gasteiger partial charge on any atom is 0.234 e. The highest BCUT2D eigenvalue weighted by Crippen LogP contribution is 2.24. The summed E-state index contributed by atoms with van der Waals surface area (Å²) in [7, 11) is 0. The highest BCUT2D eigenvalue weighted by molar-refractivity contribution is 7.99. The summed E-state index contributed by atoms with van der Waals surface area (Å²) in [5.41, 5.74) is 3.29. The molecule has 0 aliphatic rings. The summed E-state index contributed by atoms with van der Waals surface area (Å²) in [6.07, 6.45) is 3.42. The molecule has 2 heterocycles. The molecule has 7 heteroatoms. The predicted molar refractivity (Wildman–Crippen MR) is 101 cm³/mol. The Morgan fingerprint density at radius 3 is 2.64 bits per heavy atom. The molecule has 1 aromatic carbocycles. The van der Waals surface area contributed by atoms with Crippen LogP contribution in [0.5, 0.6) is 0 Å². The van der Waals surface area contributed by atoms with Crippen molar-refractivity contribution in [2.75, 3.05) is 11.1 Å². The van der Waals surface area contributed by atoms with Gasteiger partial charge in [0.15, 0.2) is 0 Å². The molecule has 0 spiro atoms. The van der Waals surface area contributed by atoms with Crippen LogP contribution in [-0.4, -0.2) is 26.8 Å². The zero-order valence-corrected chi connectivity index (χ0v) is 15.0. The largest absolute Gasteiger partial charge is 0.325 e. The Morgan fingerprint density at radius 1 is 1.12 bits per heavy atom. The predicted octanol–water partition coefficient (Wildman–Crippen LogP) is 4.23. The lowest BCUT2D eigenvalue weighted by atomic mass is 10.2. The van der Waals surface area contributed by atoms with Crippen molar-refractivity contribution >= 4 is 35.0 Å². The molecule has 1 N–H and O–H groups in total. The van der Waals surface area contributed by atoms with Crippen LogP contribution in [0.1, 0.15) is 5.56 Å². The highest BCUT2D eigenvalue weighted by atomic mass is 35.5. The van der Waals surface area contributed by atoms with E-state index in [0.717, 1.165) is 22.5 Å². The second-order valence-electron chi connectivity index (χ2n) is 5.24. The van der Waals surface area contributed by atoms with E-state index in [1.54, 1.807) is 24.5 Å². The van der Waals surface area contributed by atoms with Gasteiger partial charge in [0.2, 0.25) is 5.91 Å². The minimum atomic E-state index is -0.115. The van der Waals surface area contributed by atoms with Crippen molar-refractivity contribution in [1.29, 1.82) is 0 Å². The molecule has 126 valence electrons. The van der Waals surface area contributed by atoms with Crippen molar-refractivity contribution in [2.24, 2.45) is 0 Å². The minimum Gasteiger partial charge on any atom is -0.325 e. The van der Waals surface area contributed by atoms with Crippen molar-refractivity contribution in [1.82, 2.24) is 15.2 Å². The van der Waals surface area contributed by atoms with Gasteiger partial charge >= 0.3 is 0 Å². The molecule has 5 nitrogen and oxygen atoms in total. The number of hydrogen-bond acceptors (Lipinski definition) is 5. The number of pyridine rings is 1. The molecule has 0 aliphatic heterocycles. The average molecular weight is 371 g/mol. The summed E-state index contributed by atoms with van der Waals surface area (Å²) in [5, 5.41) is 12.5.